The Kier molecular flexibility index (Phi) is 4.76. The number of nitrogen functional groups attached to an aromatic ring is 1. The van der Waals surface area contributed by atoms with Crippen LogP contribution in [0.25, 0.3) is 0 Å². The van der Waals surface area contributed by atoms with E-state index in [1.165, 1.54) is 0 Å². The number of carbonyl (C=O) groups excluding carboxylic acids is 1. The van der Waals surface area contributed by atoms with E-state index < -0.39 is 5.60 Å². The smallest absolute Gasteiger partial charge is 0.267 e. The largest absolute Gasteiger partial charge is 0.478 e. The Morgan fingerprint density at radius 1 is 1.18 bits per heavy atom. The van der Waals surface area contributed by atoms with E-state index in [-0.39, 0.29) is 5.91 Å². The number of hydrogen-bond acceptors (Lipinski definition) is 3. The van der Waals surface area contributed by atoms with Gasteiger partial charge >= 0.3 is 0 Å². The number of halogens is 1. The molecule has 1 amide bonds. The molecule has 5 heteroatoms. The Morgan fingerprint density at radius 3 is 2.45 bits per heavy atom. The average molecular weight is 363 g/mol. The fourth-order valence-corrected chi connectivity index (χ4v) is 2.16. The van der Waals surface area contributed by atoms with E-state index in [4.69, 9.17) is 10.5 Å². The maximum atomic E-state index is 12.5. The molecule has 0 unspecified atom stereocenters. The highest BCUT2D eigenvalue weighted by Gasteiger charge is 2.30. The normalized spacial score (nSPS) is 11.1. The van der Waals surface area contributed by atoms with Crippen molar-refractivity contribution < 1.29 is 9.53 Å². The molecule has 116 valence electrons. The molecule has 0 aliphatic carbocycles. The summed E-state index contributed by atoms with van der Waals surface area (Å²) in [5.74, 6) is 0.400. The van der Waals surface area contributed by atoms with Crippen LogP contribution in [-0.4, -0.2) is 11.5 Å². The van der Waals surface area contributed by atoms with E-state index in [0.717, 1.165) is 10.0 Å². The van der Waals surface area contributed by atoms with Crippen LogP contribution in [0.3, 0.4) is 0 Å². The first kappa shape index (κ1) is 16.4. The van der Waals surface area contributed by atoms with Gasteiger partial charge in [-0.2, -0.15) is 0 Å². The second kappa shape index (κ2) is 6.40. The third-order valence-corrected chi connectivity index (χ3v) is 3.77. The Morgan fingerprint density at radius 2 is 1.82 bits per heavy atom. The first-order chi connectivity index (χ1) is 10.3. The lowest BCUT2D eigenvalue weighted by atomic mass is 10.1. The minimum absolute atomic E-state index is 0.232. The van der Waals surface area contributed by atoms with Gasteiger partial charge < -0.3 is 15.8 Å². The van der Waals surface area contributed by atoms with Crippen molar-refractivity contribution in [1.82, 2.24) is 0 Å². The van der Waals surface area contributed by atoms with Gasteiger partial charge in [0.15, 0.2) is 5.60 Å². The Bertz CT molecular complexity index is 682. The molecule has 0 bridgehead atoms. The minimum Gasteiger partial charge on any atom is -0.478 e. The summed E-state index contributed by atoms with van der Waals surface area (Å²) in [7, 11) is 0. The number of hydrogen-bond donors (Lipinski definition) is 2. The highest BCUT2D eigenvalue weighted by molar-refractivity contribution is 9.10. The zero-order valence-electron chi connectivity index (χ0n) is 12.8. The molecule has 4 nitrogen and oxygen atoms in total. The topological polar surface area (TPSA) is 64.3 Å². The lowest BCUT2D eigenvalue weighted by Crippen LogP contribution is -2.42. The maximum absolute atomic E-state index is 12.5. The number of anilines is 2. The van der Waals surface area contributed by atoms with E-state index >= 15 is 0 Å². The highest BCUT2D eigenvalue weighted by Crippen LogP contribution is 2.24. The molecule has 22 heavy (non-hydrogen) atoms. The summed E-state index contributed by atoms with van der Waals surface area (Å²) in [6.07, 6.45) is 0. The molecular weight excluding hydrogens is 344 g/mol. The van der Waals surface area contributed by atoms with Crippen LogP contribution >= 0.6 is 15.9 Å². The fraction of sp³-hybridized carbons (Fsp3) is 0.235. The molecule has 2 rings (SSSR count). The summed E-state index contributed by atoms with van der Waals surface area (Å²) in [6, 6.07) is 12.8. The monoisotopic (exact) mass is 362 g/mol. The van der Waals surface area contributed by atoms with Gasteiger partial charge in [0.1, 0.15) is 5.75 Å². The second-order valence-electron chi connectivity index (χ2n) is 5.59. The van der Waals surface area contributed by atoms with Gasteiger partial charge in [0.2, 0.25) is 0 Å². The summed E-state index contributed by atoms with van der Waals surface area (Å²) in [5.41, 5.74) is 7.00. The van der Waals surface area contributed by atoms with Crippen molar-refractivity contribution in [2.75, 3.05) is 11.1 Å². The first-order valence-corrected chi connectivity index (χ1v) is 7.69. The molecule has 0 saturated heterocycles. The van der Waals surface area contributed by atoms with Crippen LogP contribution in [0.5, 0.6) is 5.75 Å². The Hall–Kier alpha value is -2.01. The molecular formula is C17H19BrN2O2. The fourth-order valence-electron chi connectivity index (χ4n) is 1.89. The summed E-state index contributed by atoms with van der Waals surface area (Å²) in [6.45, 7) is 5.37. The van der Waals surface area contributed by atoms with Gasteiger partial charge in [-0.3, -0.25) is 4.79 Å². The molecule has 0 atom stereocenters. The molecule has 0 aromatic heterocycles. The van der Waals surface area contributed by atoms with Crippen molar-refractivity contribution >= 4 is 33.2 Å². The van der Waals surface area contributed by atoms with Gasteiger partial charge in [-0.15, -0.1) is 0 Å². The van der Waals surface area contributed by atoms with Crippen LogP contribution < -0.4 is 15.8 Å². The molecule has 0 aliphatic heterocycles. The predicted octanol–water partition coefficient (Wildman–Crippen LogP) is 4.14. The SMILES string of the molecule is Cc1ccc(N)cc1NC(=O)C(C)(C)Oc1ccc(Br)cc1. The molecule has 0 saturated carbocycles. The average Bonchev–Trinajstić information content (AvgIpc) is 2.45. The van der Waals surface area contributed by atoms with Gasteiger partial charge in [0.25, 0.3) is 5.91 Å². The molecule has 0 heterocycles. The number of aryl methyl sites for hydroxylation is 1. The van der Waals surface area contributed by atoms with Gasteiger partial charge in [-0.25, -0.2) is 0 Å². The van der Waals surface area contributed by atoms with Crippen LogP contribution in [0.1, 0.15) is 19.4 Å². The molecule has 0 radical (unpaired) electrons. The van der Waals surface area contributed by atoms with E-state index in [2.05, 4.69) is 21.2 Å². The van der Waals surface area contributed by atoms with Crippen molar-refractivity contribution in [2.45, 2.75) is 26.4 Å². The molecule has 2 aromatic carbocycles. The zero-order valence-corrected chi connectivity index (χ0v) is 14.4. The predicted molar refractivity (Wildman–Crippen MR) is 93.1 cm³/mol. The lowest BCUT2D eigenvalue weighted by molar-refractivity contribution is -0.128. The van der Waals surface area contributed by atoms with Crippen molar-refractivity contribution in [1.29, 1.82) is 0 Å². The van der Waals surface area contributed by atoms with Crippen LogP contribution in [0.15, 0.2) is 46.9 Å². The summed E-state index contributed by atoms with van der Waals surface area (Å²) < 4.78 is 6.75. The quantitative estimate of drug-likeness (QED) is 0.803. The number of carbonyl (C=O) groups is 1. The lowest BCUT2D eigenvalue weighted by Gasteiger charge is -2.25. The van der Waals surface area contributed by atoms with Crippen LogP contribution in [-0.2, 0) is 4.79 Å². The third-order valence-electron chi connectivity index (χ3n) is 3.24. The van der Waals surface area contributed by atoms with Crippen molar-refractivity contribution in [3.05, 3.63) is 52.5 Å². The Labute approximate surface area is 138 Å². The summed E-state index contributed by atoms with van der Waals surface area (Å²) in [5, 5.41) is 2.87. The molecule has 0 aliphatic rings. The minimum atomic E-state index is -1.01. The number of ether oxygens (including phenoxy) is 1. The van der Waals surface area contributed by atoms with Crippen LogP contribution in [0, 0.1) is 6.92 Å². The summed E-state index contributed by atoms with van der Waals surface area (Å²) in [4.78, 5) is 12.5. The zero-order chi connectivity index (χ0) is 16.3. The van der Waals surface area contributed by atoms with Crippen molar-refractivity contribution in [3.8, 4) is 5.75 Å². The number of nitrogens with two attached hydrogens (primary N) is 1. The molecule has 0 spiro atoms. The van der Waals surface area contributed by atoms with Crippen molar-refractivity contribution in [2.24, 2.45) is 0 Å². The van der Waals surface area contributed by atoms with E-state index in [0.29, 0.717) is 17.1 Å². The molecule has 2 aromatic rings. The van der Waals surface area contributed by atoms with E-state index in [9.17, 15) is 4.79 Å². The Balaban J connectivity index is 2.13. The van der Waals surface area contributed by atoms with Gasteiger partial charge in [0.05, 0.1) is 0 Å². The second-order valence-corrected chi connectivity index (χ2v) is 6.51. The van der Waals surface area contributed by atoms with Gasteiger partial charge in [-0.05, 0) is 62.7 Å². The third kappa shape index (κ3) is 4.01. The van der Waals surface area contributed by atoms with E-state index in [1.807, 2.05) is 37.3 Å². The van der Waals surface area contributed by atoms with Crippen LogP contribution in [0.2, 0.25) is 0 Å². The van der Waals surface area contributed by atoms with Gasteiger partial charge in [-0.1, -0.05) is 22.0 Å². The number of benzene rings is 2. The standard InChI is InChI=1S/C17H19BrN2O2/c1-11-4-7-13(19)10-15(11)20-16(21)17(2,3)22-14-8-5-12(18)6-9-14/h4-10H,19H2,1-3H3,(H,20,21). The van der Waals surface area contributed by atoms with Crippen molar-refractivity contribution in [3.63, 3.8) is 0 Å². The highest BCUT2D eigenvalue weighted by atomic mass is 79.9. The maximum Gasteiger partial charge on any atom is 0.267 e. The molecule has 0 fully saturated rings. The van der Waals surface area contributed by atoms with Crippen LogP contribution in [0.4, 0.5) is 11.4 Å². The van der Waals surface area contributed by atoms with E-state index in [1.54, 1.807) is 26.0 Å². The summed E-state index contributed by atoms with van der Waals surface area (Å²) >= 11 is 3.37. The number of nitrogens with one attached hydrogen (secondary N) is 1. The van der Waals surface area contributed by atoms with Gasteiger partial charge in [0, 0.05) is 15.8 Å². The first-order valence-electron chi connectivity index (χ1n) is 6.90. The number of rotatable bonds is 4. The number of amides is 1. The molecule has 3 N–H and O–H groups in total.